The summed E-state index contributed by atoms with van der Waals surface area (Å²) in [4.78, 5) is 33.8. The maximum absolute atomic E-state index is 13.7. The number of oxime groups is 1. The quantitative estimate of drug-likeness (QED) is 0.0599. The molecule has 2 aliphatic carbocycles. The molecule has 0 aromatic heterocycles. The molecule has 2 amide bonds. The Labute approximate surface area is 323 Å². The van der Waals surface area contributed by atoms with Gasteiger partial charge in [0, 0.05) is 44.7 Å². The highest BCUT2D eigenvalue weighted by Gasteiger charge is 2.65. The van der Waals surface area contributed by atoms with Gasteiger partial charge in [0.05, 0.1) is 24.1 Å². The molecule has 6 unspecified atom stereocenters. The summed E-state index contributed by atoms with van der Waals surface area (Å²) in [6.45, 7) is 6.72. The van der Waals surface area contributed by atoms with Crippen molar-refractivity contribution in [2.24, 2.45) is 22.9 Å². The van der Waals surface area contributed by atoms with Crippen LogP contribution in [0.5, 0.6) is 11.5 Å². The van der Waals surface area contributed by atoms with Crippen molar-refractivity contribution in [2.45, 2.75) is 76.2 Å². The summed E-state index contributed by atoms with van der Waals surface area (Å²) >= 11 is 5.92. The Bertz CT molecular complexity index is 1620. The maximum Gasteiger partial charge on any atom is 0.412 e. The number of carbonyl (C=O) groups is 2. The monoisotopic (exact) mass is 767 g/mol. The number of hydrogen-bond acceptors (Lipinski definition) is 10. The minimum atomic E-state index is -1.43. The summed E-state index contributed by atoms with van der Waals surface area (Å²) in [5, 5.41) is 27.1. The number of halogens is 1. The van der Waals surface area contributed by atoms with E-state index in [9.17, 15) is 19.8 Å². The Balaban J connectivity index is 1.73. The lowest BCUT2D eigenvalue weighted by Crippen LogP contribution is -2.69. The summed E-state index contributed by atoms with van der Waals surface area (Å²) in [7, 11) is 1.66. The van der Waals surface area contributed by atoms with Crippen LogP contribution >= 0.6 is 11.6 Å². The van der Waals surface area contributed by atoms with Gasteiger partial charge >= 0.3 is 12.2 Å². The van der Waals surface area contributed by atoms with Crippen molar-refractivity contribution >= 4 is 29.5 Å². The number of unbranched alkanes of at least 4 members (excludes halogenated alkanes) is 2. The number of ether oxygens (including phenoxy) is 4. The molecule has 12 nitrogen and oxygen atoms in total. The molecule has 0 bridgehead atoms. The summed E-state index contributed by atoms with van der Waals surface area (Å²) in [6.07, 6.45) is 7.42. The van der Waals surface area contributed by atoms with E-state index < -0.39 is 29.9 Å². The van der Waals surface area contributed by atoms with Gasteiger partial charge < -0.3 is 44.2 Å². The van der Waals surface area contributed by atoms with Crippen molar-refractivity contribution in [3.63, 3.8) is 0 Å². The zero-order chi connectivity index (χ0) is 38.5. The van der Waals surface area contributed by atoms with Gasteiger partial charge in [-0.1, -0.05) is 60.5 Å². The number of alkyl halides is 1. The third-order valence-electron chi connectivity index (χ3n) is 10.5. The fourth-order valence-electron chi connectivity index (χ4n) is 8.19. The largest absolute Gasteiger partial charge is 0.459 e. The lowest BCUT2D eigenvalue weighted by molar-refractivity contribution is -0.253. The number of aliphatic hydroxyl groups is 2. The van der Waals surface area contributed by atoms with Crippen LogP contribution in [0.25, 0.3) is 0 Å². The van der Waals surface area contributed by atoms with Gasteiger partial charge in [0.25, 0.3) is 0 Å². The molecule has 2 aromatic carbocycles. The summed E-state index contributed by atoms with van der Waals surface area (Å²) < 4.78 is 25.2. The zero-order valence-corrected chi connectivity index (χ0v) is 32.0. The first-order valence-corrected chi connectivity index (χ1v) is 19.5. The molecule has 1 aliphatic heterocycles. The molecule has 5 rings (SSSR count). The fraction of sp³-hybridized carbons (Fsp3) is 0.537. The van der Waals surface area contributed by atoms with Crippen LogP contribution in [0.1, 0.15) is 68.9 Å². The number of fused-ring (bicyclic) bond motifs is 2. The van der Waals surface area contributed by atoms with Gasteiger partial charge in [0.1, 0.15) is 30.8 Å². The van der Waals surface area contributed by atoms with E-state index in [-0.39, 0.29) is 63.1 Å². The molecule has 3 N–H and O–H groups in total. The Hall–Kier alpha value is -4.10. The van der Waals surface area contributed by atoms with E-state index in [0.717, 1.165) is 42.4 Å². The van der Waals surface area contributed by atoms with E-state index in [2.05, 4.69) is 18.0 Å². The zero-order valence-electron chi connectivity index (χ0n) is 31.3. The maximum atomic E-state index is 13.7. The topological polar surface area (TPSA) is 148 Å². The number of hydrogen-bond donors (Lipinski definition) is 3. The van der Waals surface area contributed by atoms with Crippen LogP contribution in [-0.4, -0.2) is 90.7 Å². The molecule has 0 spiro atoms. The summed E-state index contributed by atoms with van der Waals surface area (Å²) in [5.41, 5.74) is 3.34. The second-order valence-electron chi connectivity index (χ2n) is 13.9. The van der Waals surface area contributed by atoms with Crippen molar-refractivity contribution < 1.29 is 43.6 Å². The molecule has 6 atom stereocenters. The second kappa shape index (κ2) is 20.0. The number of likely N-dealkylation sites (N-methyl/N-ethyl adjacent to an activating group) is 1. The Morgan fingerprint density at radius 1 is 1.11 bits per heavy atom. The molecule has 54 heavy (non-hydrogen) atoms. The van der Waals surface area contributed by atoms with E-state index in [1.807, 2.05) is 43.3 Å². The highest BCUT2D eigenvalue weighted by atomic mass is 35.5. The van der Waals surface area contributed by atoms with Gasteiger partial charge in [0.2, 0.25) is 5.79 Å². The third kappa shape index (κ3) is 9.39. The molecule has 1 fully saturated rings. The predicted octanol–water partition coefficient (Wildman–Crippen LogP) is 6.94. The van der Waals surface area contributed by atoms with Crippen LogP contribution in [0.3, 0.4) is 0 Å². The van der Waals surface area contributed by atoms with E-state index in [0.29, 0.717) is 36.6 Å². The SMILES string of the molecule is C=CCOC12Oc3ccc(OC(=O)NCC)cc3C3C(CCCCO)C(CCCCO)C=C(C(=NOCc4ccccc4)CC1N(C)C(=O)OCCCl)C32. The van der Waals surface area contributed by atoms with Crippen molar-refractivity contribution in [1.29, 1.82) is 0 Å². The molecule has 0 radical (unpaired) electrons. The van der Waals surface area contributed by atoms with Gasteiger partial charge in [-0.3, -0.25) is 0 Å². The van der Waals surface area contributed by atoms with E-state index in [1.54, 1.807) is 25.3 Å². The van der Waals surface area contributed by atoms with E-state index in [4.69, 9.17) is 40.5 Å². The van der Waals surface area contributed by atoms with Gasteiger partial charge in [-0.05, 0) is 73.8 Å². The first-order chi connectivity index (χ1) is 26.3. The van der Waals surface area contributed by atoms with Crippen LogP contribution in [0.4, 0.5) is 9.59 Å². The minimum Gasteiger partial charge on any atom is -0.459 e. The molecular weight excluding hydrogens is 714 g/mol. The smallest absolute Gasteiger partial charge is 0.412 e. The number of benzene rings is 2. The fourth-order valence-corrected chi connectivity index (χ4v) is 8.27. The van der Waals surface area contributed by atoms with Gasteiger partial charge in [-0.2, -0.15) is 0 Å². The number of nitrogens with zero attached hydrogens (tertiary/aromatic N) is 2. The highest BCUT2D eigenvalue weighted by Crippen LogP contribution is 2.61. The Morgan fingerprint density at radius 2 is 1.87 bits per heavy atom. The van der Waals surface area contributed by atoms with Crippen LogP contribution < -0.4 is 14.8 Å². The minimum absolute atomic E-state index is 0.0109. The molecule has 1 saturated carbocycles. The molecular formula is C41H54ClN3O9. The number of rotatable bonds is 19. The van der Waals surface area contributed by atoms with E-state index in [1.165, 1.54) is 4.90 Å². The predicted molar refractivity (Wildman–Crippen MR) is 206 cm³/mol. The second-order valence-corrected chi connectivity index (χ2v) is 14.2. The summed E-state index contributed by atoms with van der Waals surface area (Å²) in [6, 6.07) is 14.4. The number of aliphatic hydroxyl groups excluding tert-OH is 2. The van der Waals surface area contributed by atoms with Gasteiger partial charge in [-0.15, -0.1) is 18.2 Å². The van der Waals surface area contributed by atoms with Crippen LogP contribution in [0.2, 0.25) is 0 Å². The molecule has 0 saturated heterocycles. The molecule has 13 heteroatoms. The van der Waals surface area contributed by atoms with Crippen LogP contribution in [-0.2, 0) is 20.9 Å². The third-order valence-corrected chi connectivity index (χ3v) is 10.6. The Kier molecular flexibility index (Phi) is 15.2. The number of carbonyl (C=O) groups excluding carboxylic acids is 2. The van der Waals surface area contributed by atoms with Crippen molar-refractivity contribution in [2.75, 3.05) is 45.9 Å². The van der Waals surface area contributed by atoms with Crippen molar-refractivity contribution in [3.8, 4) is 11.5 Å². The molecule has 1 heterocycles. The number of allylic oxidation sites excluding steroid dienone is 1. The molecule has 294 valence electrons. The van der Waals surface area contributed by atoms with Crippen LogP contribution in [0.15, 0.2) is 78.0 Å². The first kappa shape index (κ1) is 41.1. The Morgan fingerprint density at radius 3 is 2.57 bits per heavy atom. The standard InChI is InChI=1S/C41H54ClN3O9/c1-4-22-51-41-36(45(3)40(49)50-23-19-42)26-34(44-52-27-28-13-7-6-8-14-28)32-24-29(15-9-11-20-46)31(16-10-12-21-47)37(38(32)41)33-25-30(17-18-35(33)54-41)53-39(48)43-5-2/h4,6-8,13-14,17-18,24-25,29,31,36-38,46-47H,1,5,9-12,15-16,19-23,26-27H2,2-3H3,(H,43,48). The van der Waals surface area contributed by atoms with Crippen molar-refractivity contribution in [1.82, 2.24) is 10.2 Å². The normalized spacial score (nSPS) is 24.6. The molecule has 3 aliphatic rings. The van der Waals surface area contributed by atoms with Gasteiger partial charge in [0.15, 0.2) is 0 Å². The van der Waals surface area contributed by atoms with Gasteiger partial charge in [-0.25, -0.2) is 9.59 Å². The number of nitrogens with one attached hydrogen (secondary N) is 1. The highest BCUT2D eigenvalue weighted by molar-refractivity contribution is 6.18. The average molecular weight is 768 g/mol. The first-order valence-electron chi connectivity index (χ1n) is 19.0. The average Bonchev–Trinajstić information content (AvgIpc) is 3.18. The van der Waals surface area contributed by atoms with Crippen LogP contribution in [0, 0.1) is 17.8 Å². The van der Waals surface area contributed by atoms with Crippen molar-refractivity contribution in [3.05, 3.63) is 84.0 Å². The molecule has 2 aromatic rings. The lowest BCUT2D eigenvalue weighted by Gasteiger charge is -2.59. The van der Waals surface area contributed by atoms with E-state index >= 15 is 0 Å². The lowest BCUT2D eigenvalue weighted by atomic mass is 9.55. The number of amides is 2. The summed E-state index contributed by atoms with van der Waals surface area (Å²) in [5.74, 6) is -1.13.